The molecule has 1 aromatic rings. The van der Waals surface area contributed by atoms with Gasteiger partial charge in [-0.05, 0) is 36.4 Å². The minimum Gasteiger partial charge on any atom is -0.316 e. The predicted octanol–water partition coefficient (Wildman–Crippen LogP) is 3.91. The van der Waals surface area contributed by atoms with Crippen LogP contribution >= 0.6 is 0 Å². The summed E-state index contributed by atoms with van der Waals surface area (Å²) < 4.78 is 0. The van der Waals surface area contributed by atoms with Gasteiger partial charge in [-0.2, -0.15) is 0 Å². The summed E-state index contributed by atoms with van der Waals surface area (Å²) >= 11 is 0. The lowest BCUT2D eigenvalue weighted by Gasteiger charge is -2.23. The highest BCUT2D eigenvalue weighted by atomic mass is 14.9. The van der Waals surface area contributed by atoms with Crippen molar-refractivity contribution < 1.29 is 0 Å². The molecule has 1 rings (SSSR count). The Kier molecular flexibility index (Phi) is 5.01. The molecular weight excluding hydrogens is 194 g/mol. The van der Waals surface area contributed by atoms with E-state index in [2.05, 4.69) is 57.3 Å². The minimum atomic E-state index is 0.574. The molecule has 1 aromatic carbocycles. The zero-order valence-corrected chi connectivity index (χ0v) is 11.2. The number of hydrogen-bond donors (Lipinski definition) is 1. The van der Waals surface area contributed by atoms with Crippen LogP contribution in [0.5, 0.6) is 0 Å². The van der Waals surface area contributed by atoms with E-state index in [-0.39, 0.29) is 0 Å². The molecule has 90 valence electrons. The lowest BCUT2D eigenvalue weighted by molar-refractivity contribution is 0.472. The molecule has 0 bridgehead atoms. The predicted molar refractivity (Wildman–Crippen MR) is 72.1 cm³/mol. The van der Waals surface area contributed by atoms with Gasteiger partial charge in [-0.15, -0.1) is 0 Å². The first kappa shape index (κ1) is 13.2. The summed E-state index contributed by atoms with van der Waals surface area (Å²) in [5.74, 6) is 1.20. The van der Waals surface area contributed by atoms with Crippen molar-refractivity contribution in [1.82, 2.24) is 5.32 Å². The van der Waals surface area contributed by atoms with Gasteiger partial charge in [-0.1, -0.05) is 52.0 Å². The first-order chi connectivity index (χ1) is 7.60. The molecule has 2 atom stereocenters. The summed E-state index contributed by atoms with van der Waals surface area (Å²) in [7, 11) is 2.05. The van der Waals surface area contributed by atoms with Crippen molar-refractivity contribution in [2.24, 2.45) is 0 Å². The van der Waals surface area contributed by atoms with Crippen molar-refractivity contribution in [3.05, 3.63) is 35.4 Å². The molecule has 0 saturated heterocycles. The van der Waals surface area contributed by atoms with E-state index in [0.717, 1.165) is 0 Å². The SMILES string of the molecule is CCC(NC)C(C)c1ccc(C(C)C)cc1. The van der Waals surface area contributed by atoms with Crippen molar-refractivity contribution in [3.63, 3.8) is 0 Å². The molecule has 0 heterocycles. The summed E-state index contributed by atoms with van der Waals surface area (Å²) in [6.45, 7) is 9.01. The van der Waals surface area contributed by atoms with Crippen LogP contribution in [0.15, 0.2) is 24.3 Å². The fraction of sp³-hybridized carbons (Fsp3) is 0.600. The lowest BCUT2D eigenvalue weighted by Crippen LogP contribution is -2.29. The van der Waals surface area contributed by atoms with E-state index in [1.807, 2.05) is 7.05 Å². The summed E-state index contributed by atoms with van der Waals surface area (Å²) in [5, 5.41) is 3.39. The maximum atomic E-state index is 3.39. The van der Waals surface area contributed by atoms with E-state index in [1.165, 1.54) is 17.5 Å². The van der Waals surface area contributed by atoms with E-state index in [1.54, 1.807) is 0 Å². The van der Waals surface area contributed by atoms with Crippen LogP contribution in [0.4, 0.5) is 0 Å². The van der Waals surface area contributed by atoms with Crippen molar-refractivity contribution in [2.45, 2.75) is 52.0 Å². The molecule has 0 fully saturated rings. The number of likely N-dealkylation sites (N-methyl/N-ethyl adjacent to an activating group) is 1. The van der Waals surface area contributed by atoms with Crippen molar-refractivity contribution in [3.8, 4) is 0 Å². The maximum absolute atomic E-state index is 3.39. The van der Waals surface area contributed by atoms with Crippen LogP contribution in [0.1, 0.15) is 57.1 Å². The van der Waals surface area contributed by atoms with Crippen LogP contribution in [0.3, 0.4) is 0 Å². The lowest BCUT2D eigenvalue weighted by atomic mass is 9.90. The summed E-state index contributed by atoms with van der Waals surface area (Å²) in [4.78, 5) is 0. The molecule has 0 aliphatic carbocycles. The van der Waals surface area contributed by atoms with Gasteiger partial charge < -0.3 is 5.32 Å². The topological polar surface area (TPSA) is 12.0 Å². The second kappa shape index (κ2) is 6.05. The number of nitrogens with one attached hydrogen (secondary N) is 1. The van der Waals surface area contributed by atoms with Gasteiger partial charge >= 0.3 is 0 Å². The summed E-state index contributed by atoms with van der Waals surface area (Å²) in [5.41, 5.74) is 2.86. The molecule has 0 saturated carbocycles. The van der Waals surface area contributed by atoms with Crippen LogP contribution in [-0.4, -0.2) is 13.1 Å². The van der Waals surface area contributed by atoms with E-state index < -0.39 is 0 Å². The van der Waals surface area contributed by atoms with Crippen LogP contribution in [0.2, 0.25) is 0 Å². The summed E-state index contributed by atoms with van der Waals surface area (Å²) in [6, 6.07) is 9.66. The van der Waals surface area contributed by atoms with Gasteiger partial charge in [-0.3, -0.25) is 0 Å². The average Bonchev–Trinajstić information content (AvgIpc) is 2.30. The third-order valence-electron chi connectivity index (χ3n) is 3.54. The van der Waals surface area contributed by atoms with Gasteiger partial charge in [0.15, 0.2) is 0 Å². The third kappa shape index (κ3) is 3.08. The fourth-order valence-corrected chi connectivity index (χ4v) is 2.22. The first-order valence-electron chi connectivity index (χ1n) is 6.37. The van der Waals surface area contributed by atoms with Crippen molar-refractivity contribution >= 4 is 0 Å². The van der Waals surface area contributed by atoms with Crippen LogP contribution < -0.4 is 5.32 Å². The normalized spacial score (nSPS) is 15.1. The highest BCUT2D eigenvalue weighted by molar-refractivity contribution is 5.27. The molecule has 0 radical (unpaired) electrons. The van der Waals surface area contributed by atoms with E-state index in [4.69, 9.17) is 0 Å². The van der Waals surface area contributed by atoms with Crippen molar-refractivity contribution in [2.75, 3.05) is 7.05 Å². The zero-order valence-electron chi connectivity index (χ0n) is 11.2. The average molecular weight is 219 g/mol. The van der Waals surface area contributed by atoms with Crippen LogP contribution in [0.25, 0.3) is 0 Å². The first-order valence-corrected chi connectivity index (χ1v) is 6.37. The number of rotatable bonds is 5. The second-order valence-electron chi connectivity index (χ2n) is 4.91. The van der Waals surface area contributed by atoms with Gasteiger partial charge in [0.05, 0.1) is 0 Å². The Bertz CT molecular complexity index is 296. The number of benzene rings is 1. The van der Waals surface area contributed by atoms with Gasteiger partial charge in [0.2, 0.25) is 0 Å². The molecule has 0 amide bonds. The molecule has 0 aliphatic heterocycles. The maximum Gasteiger partial charge on any atom is 0.0127 e. The quantitative estimate of drug-likeness (QED) is 0.791. The Morgan fingerprint density at radius 1 is 1.00 bits per heavy atom. The second-order valence-corrected chi connectivity index (χ2v) is 4.91. The Morgan fingerprint density at radius 2 is 1.50 bits per heavy atom. The van der Waals surface area contributed by atoms with E-state index in [0.29, 0.717) is 17.9 Å². The molecule has 1 N–H and O–H groups in total. The molecule has 1 nitrogen and oxygen atoms in total. The zero-order chi connectivity index (χ0) is 12.1. The number of hydrogen-bond acceptors (Lipinski definition) is 1. The van der Waals surface area contributed by atoms with Gasteiger partial charge in [0.1, 0.15) is 0 Å². The van der Waals surface area contributed by atoms with Crippen LogP contribution in [-0.2, 0) is 0 Å². The highest BCUT2D eigenvalue weighted by Crippen LogP contribution is 2.23. The molecule has 0 aromatic heterocycles. The molecule has 0 aliphatic rings. The fourth-order valence-electron chi connectivity index (χ4n) is 2.22. The Hall–Kier alpha value is -0.820. The van der Waals surface area contributed by atoms with Gasteiger partial charge in [-0.25, -0.2) is 0 Å². The molecule has 0 spiro atoms. The smallest absolute Gasteiger partial charge is 0.0127 e. The molecule has 2 unspecified atom stereocenters. The van der Waals surface area contributed by atoms with Crippen LogP contribution in [0, 0.1) is 0 Å². The Morgan fingerprint density at radius 3 is 1.88 bits per heavy atom. The third-order valence-corrected chi connectivity index (χ3v) is 3.54. The minimum absolute atomic E-state index is 0.574. The van der Waals surface area contributed by atoms with Crippen molar-refractivity contribution in [1.29, 1.82) is 0 Å². The molecule has 1 heteroatoms. The van der Waals surface area contributed by atoms with E-state index in [9.17, 15) is 0 Å². The van der Waals surface area contributed by atoms with Gasteiger partial charge in [0.25, 0.3) is 0 Å². The highest BCUT2D eigenvalue weighted by Gasteiger charge is 2.15. The van der Waals surface area contributed by atoms with E-state index >= 15 is 0 Å². The Labute approximate surface area is 100 Å². The standard InChI is InChI=1S/C15H25N/c1-6-15(16-5)12(4)14-9-7-13(8-10-14)11(2)3/h7-12,15-16H,6H2,1-5H3. The molecule has 16 heavy (non-hydrogen) atoms. The molecular formula is C15H25N. The Balaban J connectivity index is 2.80. The largest absolute Gasteiger partial charge is 0.316 e. The van der Waals surface area contributed by atoms with Gasteiger partial charge in [0, 0.05) is 6.04 Å². The summed E-state index contributed by atoms with van der Waals surface area (Å²) in [6.07, 6.45) is 1.17. The monoisotopic (exact) mass is 219 g/mol.